The average Bonchev–Trinajstić information content (AvgIpc) is 2.95. The van der Waals surface area contributed by atoms with Gasteiger partial charge in [-0.1, -0.05) is 30.4 Å². The molecule has 1 aliphatic heterocycles. The van der Waals surface area contributed by atoms with E-state index in [4.69, 9.17) is 14.2 Å². The number of carbonyl (C=O) groups excluding carboxylic acids is 1. The van der Waals surface area contributed by atoms with Crippen LogP contribution in [0.3, 0.4) is 0 Å². The van der Waals surface area contributed by atoms with Crippen LogP contribution >= 0.6 is 0 Å². The van der Waals surface area contributed by atoms with Gasteiger partial charge in [-0.3, -0.25) is 4.79 Å². The van der Waals surface area contributed by atoms with Gasteiger partial charge in [-0.25, -0.2) is 0 Å². The molecule has 1 aromatic carbocycles. The van der Waals surface area contributed by atoms with Crippen LogP contribution in [0.25, 0.3) is 6.08 Å². The van der Waals surface area contributed by atoms with Crippen LogP contribution in [-0.2, 0) is 14.3 Å². The Morgan fingerprint density at radius 1 is 1.10 bits per heavy atom. The lowest BCUT2D eigenvalue weighted by Gasteiger charge is -2.05. The van der Waals surface area contributed by atoms with Gasteiger partial charge in [0.05, 0.1) is 7.11 Å². The van der Waals surface area contributed by atoms with Crippen LogP contribution in [0.15, 0.2) is 65.7 Å². The van der Waals surface area contributed by atoms with E-state index in [-0.39, 0.29) is 12.6 Å². The van der Waals surface area contributed by atoms with Gasteiger partial charge in [0.15, 0.2) is 17.3 Å². The highest BCUT2D eigenvalue weighted by Gasteiger charge is 2.24. The lowest BCUT2D eigenvalue weighted by Crippen LogP contribution is -2.04. The van der Waals surface area contributed by atoms with Crippen molar-refractivity contribution < 1.29 is 19.0 Å². The van der Waals surface area contributed by atoms with Gasteiger partial charge >= 0.3 is 0 Å². The molecule has 0 spiro atoms. The molecule has 0 unspecified atom stereocenters. The predicted molar refractivity (Wildman–Crippen MR) is 78.3 cm³/mol. The zero-order valence-corrected chi connectivity index (χ0v) is 11.5. The zero-order valence-electron chi connectivity index (χ0n) is 11.5. The van der Waals surface area contributed by atoms with E-state index < -0.39 is 0 Å². The summed E-state index contributed by atoms with van der Waals surface area (Å²) in [4.78, 5) is 11.9. The topological polar surface area (TPSA) is 44.8 Å². The van der Waals surface area contributed by atoms with Crippen molar-refractivity contribution in [3.63, 3.8) is 0 Å². The molecule has 106 valence electrons. The number of carbonyl (C=O) groups is 1. The van der Waals surface area contributed by atoms with Crippen LogP contribution < -0.4 is 4.74 Å². The Bertz CT molecular complexity index is 675. The molecule has 0 bridgehead atoms. The van der Waals surface area contributed by atoms with Crippen molar-refractivity contribution in [2.75, 3.05) is 13.9 Å². The molecule has 1 aliphatic carbocycles. The first-order valence-corrected chi connectivity index (χ1v) is 6.52. The van der Waals surface area contributed by atoms with Crippen molar-refractivity contribution in [1.29, 1.82) is 0 Å². The number of allylic oxidation sites excluding steroid dienone is 5. The lowest BCUT2D eigenvalue weighted by molar-refractivity contribution is -0.111. The molecule has 0 aromatic heterocycles. The van der Waals surface area contributed by atoms with Crippen molar-refractivity contribution in [3.8, 4) is 5.75 Å². The summed E-state index contributed by atoms with van der Waals surface area (Å²) in [5, 5.41) is 0. The summed E-state index contributed by atoms with van der Waals surface area (Å²) in [6.07, 6.45) is 8.66. The third-order valence-corrected chi connectivity index (χ3v) is 3.19. The standard InChI is InChI=1S/C17H14O4/c1-19-14-7-5-12(6-8-14)3-2-4-13-9-16-17(10-15(13)18)21-11-20-16/h2-10H,11H2,1H3/b3-2+,13-4+. The fourth-order valence-corrected chi connectivity index (χ4v) is 2.05. The molecule has 0 saturated carbocycles. The van der Waals surface area contributed by atoms with E-state index in [1.54, 1.807) is 19.3 Å². The highest BCUT2D eigenvalue weighted by Crippen LogP contribution is 2.27. The average molecular weight is 282 g/mol. The SMILES string of the molecule is COc1ccc(/C=C/C=C2\C=C3OCOC3=CC2=O)cc1. The third kappa shape index (κ3) is 2.89. The summed E-state index contributed by atoms with van der Waals surface area (Å²) >= 11 is 0. The predicted octanol–water partition coefficient (Wildman–Crippen LogP) is 2.99. The molecule has 4 nitrogen and oxygen atoms in total. The minimum atomic E-state index is -0.0846. The van der Waals surface area contributed by atoms with Gasteiger partial charge in [0.2, 0.25) is 6.79 Å². The number of methoxy groups -OCH3 is 1. The van der Waals surface area contributed by atoms with E-state index >= 15 is 0 Å². The van der Waals surface area contributed by atoms with Crippen LogP contribution in [-0.4, -0.2) is 19.7 Å². The number of rotatable bonds is 3. The molecule has 0 amide bonds. The Labute approximate surface area is 122 Å². The molecule has 1 aromatic rings. The van der Waals surface area contributed by atoms with Gasteiger partial charge in [0.25, 0.3) is 0 Å². The molecular formula is C17H14O4. The van der Waals surface area contributed by atoms with Crippen molar-refractivity contribution in [1.82, 2.24) is 0 Å². The second-order valence-electron chi connectivity index (χ2n) is 4.54. The minimum Gasteiger partial charge on any atom is -0.497 e. The quantitative estimate of drug-likeness (QED) is 0.799. The number of ether oxygens (including phenoxy) is 3. The van der Waals surface area contributed by atoms with Gasteiger partial charge in [0.1, 0.15) is 5.75 Å². The van der Waals surface area contributed by atoms with Crippen molar-refractivity contribution in [2.24, 2.45) is 0 Å². The zero-order chi connectivity index (χ0) is 14.7. The summed E-state index contributed by atoms with van der Waals surface area (Å²) in [6.45, 7) is 0.167. The molecule has 4 heteroatoms. The highest BCUT2D eigenvalue weighted by atomic mass is 16.7. The Balaban J connectivity index is 1.75. The summed E-state index contributed by atoms with van der Waals surface area (Å²) in [6, 6.07) is 7.67. The van der Waals surface area contributed by atoms with Gasteiger partial charge in [0, 0.05) is 11.6 Å². The van der Waals surface area contributed by atoms with Crippen LogP contribution in [0, 0.1) is 0 Å². The monoisotopic (exact) mass is 282 g/mol. The fourth-order valence-electron chi connectivity index (χ4n) is 2.05. The Morgan fingerprint density at radius 3 is 2.52 bits per heavy atom. The van der Waals surface area contributed by atoms with Crippen LogP contribution in [0.4, 0.5) is 0 Å². The molecule has 2 aliphatic rings. The van der Waals surface area contributed by atoms with E-state index in [0.717, 1.165) is 11.3 Å². The molecule has 21 heavy (non-hydrogen) atoms. The first-order valence-electron chi connectivity index (χ1n) is 6.52. The van der Waals surface area contributed by atoms with Gasteiger partial charge in [-0.2, -0.15) is 0 Å². The van der Waals surface area contributed by atoms with Gasteiger partial charge in [-0.15, -0.1) is 0 Å². The second kappa shape index (κ2) is 5.71. The molecule has 1 saturated heterocycles. The lowest BCUT2D eigenvalue weighted by atomic mass is 10.0. The minimum absolute atomic E-state index is 0.0846. The van der Waals surface area contributed by atoms with E-state index in [2.05, 4.69) is 0 Å². The van der Waals surface area contributed by atoms with Crippen LogP contribution in [0.1, 0.15) is 5.56 Å². The number of hydrogen-bond donors (Lipinski definition) is 0. The van der Waals surface area contributed by atoms with E-state index in [9.17, 15) is 4.79 Å². The first-order chi connectivity index (χ1) is 10.3. The molecule has 0 N–H and O–H groups in total. The largest absolute Gasteiger partial charge is 0.497 e. The number of hydrogen-bond acceptors (Lipinski definition) is 4. The second-order valence-corrected chi connectivity index (χ2v) is 4.54. The van der Waals surface area contributed by atoms with E-state index in [1.165, 1.54) is 6.08 Å². The first kappa shape index (κ1) is 13.2. The molecule has 1 fully saturated rings. The van der Waals surface area contributed by atoms with Gasteiger partial charge in [-0.05, 0) is 23.8 Å². The molecule has 0 radical (unpaired) electrons. The maximum Gasteiger partial charge on any atom is 0.231 e. The Kier molecular flexibility index (Phi) is 3.60. The third-order valence-electron chi connectivity index (χ3n) is 3.19. The van der Waals surface area contributed by atoms with Crippen LogP contribution in [0.2, 0.25) is 0 Å². The molecule has 0 atom stereocenters. The number of ketones is 1. The fraction of sp³-hybridized carbons (Fsp3) is 0.118. The Morgan fingerprint density at radius 2 is 1.81 bits per heavy atom. The van der Waals surface area contributed by atoms with E-state index in [0.29, 0.717) is 17.1 Å². The highest BCUT2D eigenvalue weighted by molar-refractivity contribution is 6.08. The smallest absolute Gasteiger partial charge is 0.231 e. The normalized spacial score (nSPS) is 18.9. The van der Waals surface area contributed by atoms with Crippen LogP contribution in [0.5, 0.6) is 5.75 Å². The number of benzene rings is 1. The summed E-state index contributed by atoms with van der Waals surface area (Å²) in [7, 11) is 1.63. The maximum atomic E-state index is 11.9. The summed E-state index contributed by atoms with van der Waals surface area (Å²) < 4.78 is 15.5. The molecule has 1 heterocycles. The Hall–Kier alpha value is -2.75. The maximum absolute atomic E-state index is 11.9. The molecular weight excluding hydrogens is 268 g/mol. The van der Waals surface area contributed by atoms with Crippen molar-refractivity contribution >= 4 is 11.9 Å². The van der Waals surface area contributed by atoms with Crippen molar-refractivity contribution in [2.45, 2.75) is 0 Å². The summed E-state index contributed by atoms with van der Waals surface area (Å²) in [5.41, 5.74) is 1.60. The van der Waals surface area contributed by atoms with Gasteiger partial charge < -0.3 is 14.2 Å². The van der Waals surface area contributed by atoms with E-state index in [1.807, 2.05) is 36.4 Å². The van der Waals surface area contributed by atoms with Crippen molar-refractivity contribution in [3.05, 3.63) is 71.2 Å². The number of fused-ring (bicyclic) bond motifs is 1. The molecule has 3 rings (SSSR count). The summed E-state index contributed by atoms with van der Waals surface area (Å²) in [5.74, 6) is 1.85.